The van der Waals surface area contributed by atoms with E-state index in [2.05, 4.69) is 5.32 Å². The monoisotopic (exact) mass is 333 g/mol. The largest absolute Gasteiger partial charge is 0.482 e. The lowest BCUT2D eigenvalue weighted by atomic mass is 10.1. The Morgan fingerprint density at radius 3 is 2.76 bits per heavy atom. The van der Waals surface area contributed by atoms with E-state index in [0.29, 0.717) is 28.6 Å². The molecule has 0 aromatic heterocycles. The van der Waals surface area contributed by atoms with Gasteiger partial charge < -0.3 is 20.3 Å². The molecule has 1 amide bonds. The van der Waals surface area contributed by atoms with E-state index in [1.807, 2.05) is 0 Å². The van der Waals surface area contributed by atoms with E-state index in [0.717, 1.165) is 0 Å². The summed E-state index contributed by atoms with van der Waals surface area (Å²) >= 11 is 11.7. The zero-order chi connectivity index (χ0) is 15.4. The lowest BCUT2D eigenvalue weighted by Crippen LogP contribution is -2.36. The minimum Gasteiger partial charge on any atom is -0.482 e. The topological polar surface area (TPSA) is 78.8 Å². The van der Waals surface area contributed by atoms with Crippen molar-refractivity contribution in [2.75, 3.05) is 13.2 Å². The summed E-state index contributed by atoms with van der Waals surface area (Å²) in [6.45, 7) is -0.248. The van der Waals surface area contributed by atoms with Crippen LogP contribution in [-0.2, 0) is 4.79 Å². The molecule has 1 saturated carbocycles. The SMILES string of the molecule is O=C(COc1ccc(Cl)cc1Cl)N[C@H]1C[C@H](CO)[C@H](O)C1. The maximum Gasteiger partial charge on any atom is 0.258 e. The number of carbonyl (C=O) groups is 1. The number of aliphatic hydroxyl groups is 2. The molecule has 0 unspecified atom stereocenters. The van der Waals surface area contributed by atoms with Crippen molar-refractivity contribution in [3.63, 3.8) is 0 Å². The van der Waals surface area contributed by atoms with Gasteiger partial charge in [0.25, 0.3) is 5.91 Å². The highest BCUT2D eigenvalue weighted by molar-refractivity contribution is 6.35. The van der Waals surface area contributed by atoms with Crippen LogP contribution in [0.4, 0.5) is 0 Å². The molecule has 2 rings (SSSR count). The van der Waals surface area contributed by atoms with Crippen LogP contribution in [0.2, 0.25) is 10.0 Å². The molecule has 21 heavy (non-hydrogen) atoms. The van der Waals surface area contributed by atoms with E-state index >= 15 is 0 Å². The third-order valence-corrected chi connectivity index (χ3v) is 4.04. The molecule has 1 aromatic carbocycles. The number of amides is 1. The predicted octanol–water partition coefficient (Wildman–Crippen LogP) is 1.62. The Balaban J connectivity index is 1.80. The molecular weight excluding hydrogens is 317 g/mol. The molecule has 116 valence electrons. The van der Waals surface area contributed by atoms with Gasteiger partial charge in [0.15, 0.2) is 6.61 Å². The van der Waals surface area contributed by atoms with E-state index in [4.69, 9.17) is 33.0 Å². The van der Waals surface area contributed by atoms with Crippen molar-refractivity contribution in [1.82, 2.24) is 5.32 Å². The summed E-state index contributed by atoms with van der Waals surface area (Å²) in [5.41, 5.74) is 0. The maximum atomic E-state index is 11.8. The van der Waals surface area contributed by atoms with E-state index in [1.165, 1.54) is 6.07 Å². The number of halogens is 2. The molecule has 0 saturated heterocycles. The Bertz CT molecular complexity index is 512. The molecule has 3 N–H and O–H groups in total. The second-order valence-corrected chi connectivity index (χ2v) is 5.95. The highest BCUT2D eigenvalue weighted by Gasteiger charge is 2.33. The number of carbonyl (C=O) groups excluding carboxylic acids is 1. The van der Waals surface area contributed by atoms with E-state index in [-0.39, 0.29) is 31.1 Å². The first-order valence-corrected chi connectivity index (χ1v) is 7.41. The van der Waals surface area contributed by atoms with Crippen molar-refractivity contribution in [3.05, 3.63) is 28.2 Å². The first kappa shape index (κ1) is 16.4. The molecule has 0 bridgehead atoms. The number of aliphatic hydroxyl groups excluding tert-OH is 2. The van der Waals surface area contributed by atoms with Gasteiger partial charge in [-0.15, -0.1) is 0 Å². The predicted molar refractivity (Wildman–Crippen MR) is 79.7 cm³/mol. The van der Waals surface area contributed by atoms with Gasteiger partial charge in [-0.1, -0.05) is 23.2 Å². The lowest BCUT2D eigenvalue weighted by Gasteiger charge is -2.13. The van der Waals surface area contributed by atoms with Crippen molar-refractivity contribution in [2.45, 2.75) is 25.0 Å². The van der Waals surface area contributed by atoms with Crippen LogP contribution >= 0.6 is 23.2 Å². The van der Waals surface area contributed by atoms with Gasteiger partial charge in [-0.3, -0.25) is 4.79 Å². The number of hydrogen-bond donors (Lipinski definition) is 3. The Labute approximate surface area is 132 Å². The average molecular weight is 334 g/mol. The average Bonchev–Trinajstić information content (AvgIpc) is 2.77. The highest BCUT2D eigenvalue weighted by Crippen LogP contribution is 2.28. The molecule has 1 aromatic rings. The molecule has 0 heterocycles. The Morgan fingerprint density at radius 2 is 2.14 bits per heavy atom. The van der Waals surface area contributed by atoms with Gasteiger partial charge in [0.1, 0.15) is 5.75 Å². The van der Waals surface area contributed by atoms with Crippen LogP contribution in [-0.4, -0.2) is 41.5 Å². The molecule has 1 aliphatic carbocycles. The summed E-state index contributed by atoms with van der Waals surface area (Å²) in [5.74, 6) is -0.0883. The van der Waals surface area contributed by atoms with Crippen LogP contribution in [0.5, 0.6) is 5.75 Å². The van der Waals surface area contributed by atoms with Crippen LogP contribution < -0.4 is 10.1 Å². The molecule has 0 radical (unpaired) electrons. The maximum absolute atomic E-state index is 11.8. The van der Waals surface area contributed by atoms with Crippen LogP contribution in [0, 0.1) is 5.92 Å². The quantitative estimate of drug-likeness (QED) is 0.765. The first-order valence-electron chi connectivity index (χ1n) is 6.65. The second-order valence-electron chi connectivity index (χ2n) is 5.11. The smallest absolute Gasteiger partial charge is 0.258 e. The van der Waals surface area contributed by atoms with E-state index in [9.17, 15) is 9.90 Å². The summed E-state index contributed by atoms with van der Waals surface area (Å²) in [6.07, 6.45) is 0.427. The molecule has 1 aliphatic rings. The van der Waals surface area contributed by atoms with Gasteiger partial charge in [0, 0.05) is 23.6 Å². The van der Waals surface area contributed by atoms with Gasteiger partial charge in [-0.25, -0.2) is 0 Å². The zero-order valence-corrected chi connectivity index (χ0v) is 12.8. The van der Waals surface area contributed by atoms with Crippen LogP contribution in [0.3, 0.4) is 0 Å². The number of nitrogens with one attached hydrogen (secondary N) is 1. The fraction of sp³-hybridized carbons (Fsp3) is 0.500. The van der Waals surface area contributed by atoms with E-state index < -0.39 is 6.10 Å². The summed E-state index contributed by atoms with van der Waals surface area (Å²) in [7, 11) is 0. The number of ether oxygens (including phenoxy) is 1. The molecule has 1 fully saturated rings. The second kappa shape index (κ2) is 7.31. The molecular formula is C14H17Cl2NO4. The third kappa shape index (κ3) is 4.48. The normalized spacial score (nSPS) is 24.9. The van der Waals surface area contributed by atoms with Gasteiger partial charge in [0.2, 0.25) is 0 Å². The summed E-state index contributed by atoms with van der Waals surface area (Å²) < 4.78 is 5.33. The number of benzene rings is 1. The van der Waals surface area contributed by atoms with Crippen molar-refractivity contribution in [1.29, 1.82) is 0 Å². The van der Waals surface area contributed by atoms with Gasteiger partial charge >= 0.3 is 0 Å². The minimum atomic E-state index is -0.577. The standard InChI is InChI=1S/C14H17Cl2NO4/c15-9-1-2-13(11(16)4-9)21-7-14(20)17-10-3-8(6-18)12(19)5-10/h1-2,4,8,10,12,18-19H,3,5-7H2,(H,17,20)/t8-,10+,12-/m1/s1. The van der Waals surface area contributed by atoms with Gasteiger partial charge in [-0.2, -0.15) is 0 Å². The summed E-state index contributed by atoms with van der Waals surface area (Å²) in [4.78, 5) is 11.8. The van der Waals surface area contributed by atoms with Crippen LogP contribution in [0.15, 0.2) is 18.2 Å². The molecule has 5 nitrogen and oxygen atoms in total. The Kier molecular flexibility index (Phi) is 5.70. The van der Waals surface area contributed by atoms with E-state index in [1.54, 1.807) is 12.1 Å². The minimum absolute atomic E-state index is 0.0789. The Hall–Kier alpha value is -1.01. The first-order chi connectivity index (χ1) is 9.99. The van der Waals surface area contributed by atoms with Crippen molar-refractivity contribution < 1.29 is 19.7 Å². The highest BCUT2D eigenvalue weighted by atomic mass is 35.5. The molecule has 3 atom stereocenters. The number of hydrogen-bond acceptors (Lipinski definition) is 4. The fourth-order valence-corrected chi connectivity index (χ4v) is 2.88. The van der Waals surface area contributed by atoms with Gasteiger partial charge in [-0.05, 0) is 31.0 Å². The molecule has 0 aliphatic heterocycles. The number of rotatable bonds is 5. The van der Waals surface area contributed by atoms with Crippen molar-refractivity contribution >= 4 is 29.1 Å². The van der Waals surface area contributed by atoms with Crippen LogP contribution in [0.1, 0.15) is 12.8 Å². The fourth-order valence-electron chi connectivity index (χ4n) is 2.42. The lowest BCUT2D eigenvalue weighted by molar-refractivity contribution is -0.123. The third-order valence-electron chi connectivity index (χ3n) is 3.51. The zero-order valence-electron chi connectivity index (χ0n) is 11.3. The van der Waals surface area contributed by atoms with Crippen molar-refractivity contribution in [3.8, 4) is 5.75 Å². The Morgan fingerprint density at radius 1 is 1.38 bits per heavy atom. The van der Waals surface area contributed by atoms with Crippen LogP contribution in [0.25, 0.3) is 0 Å². The summed E-state index contributed by atoms with van der Waals surface area (Å²) in [5, 5.41) is 22.3. The molecule has 7 heteroatoms. The molecule has 0 spiro atoms. The van der Waals surface area contributed by atoms with Gasteiger partial charge in [0.05, 0.1) is 11.1 Å². The van der Waals surface area contributed by atoms with Crippen molar-refractivity contribution in [2.24, 2.45) is 5.92 Å². The summed E-state index contributed by atoms with van der Waals surface area (Å²) in [6, 6.07) is 4.61.